The molecule has 1 N–H and O–H groups in total. The van der Waals surface area contributed by atoms with Gasteiger partial charge in [0.1, 0.15) is 5.82 Å². The second-order valence-corrected chi connectivity index (χ2v) is 9.76. The first-order valence-electron chi connectivity index (χ1n) is 12.6. The molecular weight excluding hydrogens is 484 g/mol. The standard InChI is InChI=1S/C30H32F4O3/c1-19(2)25-16-22(18-37-28-5-3-4-14-36-28)27(17-35)29(21-8-12-24(31)13-9-21)26(25)15-20-6-10-23(11-7-20)30(32,33)34/h6-13,16,19,28,35H,3-5,14-15,17-18H2,1-2H3. The molecule has 0 bridgehead atoms. The average Bonchev–Trinajstić information content (AvgIpc) is 2.88. The van der Waals surface area contributed by atoms with Gasteiger partial charge in [-0.3, -0.25) is 0 Å². The first-order chi connectivity index (χ1) is 17.7. The fourth-order valence-electron chi connectivity index (χ4n) is 4.87. The Hall–Kier alpha value is -2.74. The van der Waals surface area contributed by atoms with E-state index in [0.29, 0.717) is 24.2 Å². The van der Waals surface area contributed by atoms with Crippen LogP contribution < -0.4 is 0 Å². The molecule has 0 spiro atoms. The fraction of sp³-hybridized carbons (Fsp3) is 0.400. The largest absolute Gasteiger partial charge is 0.416 e. The summed E-state index contributed by atoms with van der Waals surface area (Å²) in [6.45, 7) is 4.73. The second kappa shape index (κ2) is 11.8. The van der Waals surface area contributed by atoms with Gasteiger partial charge in [0.15, 0.2) is 6.29 Å². The number of ether oxygens (including phenoxy) is 2. The molecule has 1 atom stereocenters. The summed E-state index contributed by atoms with van der Waals surface area (Å²) in [7, 11) is 0. The highest BCUT2D eigenvalue weighted by Gasteiger charge is 2.30. The molecule has 1 saturated heterocycles. The lowest BCUT2D eigenvalue weighted by atomic mass is 9.82. The van der Waals surface area contributed by atoms with Crippen LogP contribution >= 0.6 is 0 Å². The number of benzene rings is 3. The molecule has 37 heavy (non-hydrogen) atoms. The predicted octanol–water partition coefficient (Wildman–Crippen LogP) is 7.76. The zero-order chi connectivity index (χ0) is 26.6. The van der Waals surface area contributed by atoms with Crippen molar-refractivity contribution in [3.05, 3.63) is 93.8 Å². The van der Waals surface area contributed by atoms with E-state index in [4.69, 9.17) is 9.47 Å². The van der Waals surface area contributed by atoms with E-state index in [2.05, 4.69) is 0 Å². The number of hydrogen-bond donors (Lipinski definition) is 1. The molecule has 1 aliphatic rings. The average molecular weight is 517 g/mol. The first kappa shape index (κ1) is 27.3. The van der Waals surface area contributed by atoms with E-state index in [1.54, 1.807) is 12.1 Å². The molecule has 0 amide bonds. The first-order valence-corrected chi connectivity index (χ1v) is 12.6. The minimum Gasteiger partial charge on any atom is -0.392 e. The number of aliphatic hydroxyl groups is 1. The lowest BCUT2D eigenvalue weighted by molar-refractivity contribution is -0.169. The van der Waals surface area contributed by atoms with Crippen molar-refractivity contribution >= 4 is 0 Å². The van der Waals surface area contributed by atoms with Gasteiger partial charge in [0, 0.05) is 6.61 Å². The normalized spacial score (nSPS) is 16.4. The molecule has 0 saturated carbocycles. The molecule has 198 valence electrons. The highest BCUT2D eigenvalue weighted by atomic mass is 19.4. The molecule has 1 heterocycles. The van der Waals surface area contributed by atoms with Crippen LogP contribution in [0.3, 0.4) is 0 Å². The zero-order valence-electron chi connectivity index (χ0n) is 21.1. The smallest absolute Gasteiger partial charge is 0.392 e. The van der Waals surface area contributed by atoms with Gasteiger partial charge >= 0.3 is 6.18 Å². The zero-order valence-corrected chi connectivity index (χ0v) is 21.1. The molecule has 3 aromatic rings. The van der Waals surface area contributed by atoms with Crippen molar-refractivity contribution in [3.63, 3.8) is 0 Å². The van der Waals surface area contributed by atoms with Crippen molar-refractivity contribution in [1.82, 2.24) is 0 Å². The highest BCUT2D eigenvalue weighted by molar-refractivity contribution is 5.75. The van der Waals surface area contributed by atoms with Crippen molar-refractivity contribution in [1.29, 1.82) is 0 Å². The Balaban J connectivity index is 1.81. The SMILES string of the molecule is CC(C)c1cc(COC2CCCCO2)c(CO)c(-c2ccc(F)cc2)c1Cc1ccc(C(F)(F)F)cc1. The van der Waals surface area contributed by atoms with Gasteiger partial charge in [0.2, 0.25) is 0 Å². The lowest BCUT2D eigenvalue weighted by Crippen LogP contribution is -2.22. The van der Waals surface area contributed by atoms with Crippen LogP contribution in [0.4, 0.5) is 17.6 Å². The van der Waals surface area contributed by atoms with Crippen LogP contribution in [0.5, 0.6) is 0 Å². The number of rotatable bonds is 8. The Morgan fingerprint density at radius 3 is 2.27 bits per heavy atom. The summed E-state index contributed by atoms with van der Waals surface area (Å²) in [5.41, 5.74) is 4.86. The molecule has 0 radical (unpaired) electrons. The van der Waals surface area contributed by atoms with E-state index < -0.39 is 11.7 Å². The number of aliphatic hydroxyl groups excluding tert-OH is 1. The highest BCUT2D eigenvalue weighted by Crippen LogP contribution is 2.38. The van der Waals surface area contributed by atoms with Crippen LogP contribution in [0, 0.1) is 5.82 Å². The molecular formula is C30H32F4O3. The second-order valence-electron chi connectivity index (χ2n) is 9.76. The van der Waals surface area contributed by atoms with E-state index in [9.17, 15) is 22.7 Å². The predicted molar refractivity (Wildman–Crippen MR) is 134 cm³/mol. The molecule has 0 aliphatic carbocycles. The summed E-state index contributed by atoms with van der Waals surface area (Å²) in [5, 5.41) is 10.5. The Kier molecular flexibility index (Phi) is 8.67. The van der Waals surface area contributed by atoms with Crippen LogP contribution in [0.15, 0.2) is 54.6 Å². The summed E-state index contributed by atoms with van der Waals surface area (Å²) in [6.07, 6.45) is -1.51. The van der Waals surface area contributed by atoms with Gasteiger partial charge in [-0.1, -0.05) is 44.2 Å². The molecule has 3 nitrogen and oxygen atoms in total. The molecule has 4 rings (SSSR count). The Labute approximate surface area is 215 Å². The van der Waals surface area contributed by atoms with Crippen LogP contribution in [0.25, 0.3) is 11.1 Å². The maximum atomic E-state index is 13.8. The van der Waals surface area contributed by atoms with Crippen LogP contribution in [-0.4, -0.2) is 18.0 Å². The van der Waals surface area contributed by atoms with Gasteiger partial charge in [-0.2, -0.15) is 13.2 Å². The van der Waals surface area contributed by atoms with Crippen LogP contribution in [-0.2, 0) is 35.3 Å². The molecule has 7 heteroatoms. The van der Waals surface area contributed by atoms with E-state index in [1.165, 1.54) is 24.3 Å². The summed E-state index contributed by atoms with van der Waals surface area (Å²) in [6, 6.07) is 13.2. The molecule has 0 aromatic heterocycles. The van der Waals surface area contributed by atoms with Gasteiger partial charge in [-0.05, 0) is 94.8 Å². The summed E-state index contributed by atoms with van der Waals surface area (Å²) >= 11 is 0. The van der Waals surface area contributed by atoms with Gasteiger partial charge in [0.25, 0.3) is 0 Å². The van der Waals surface area contributed by atoms with Crippen molar-refractivity contribution in [2.45, 2.75) is 71.1 Å². The summed E-state index contributed by atoms with van der Waals surface area (Å²) in [4.78, 5) is 0. The fourth-order valence-corrected chi connectivity index (χ4v) is 4.87. The van der Waals surface area contributed by atoms with Crippen molar-refractivity contribution in [2.24, 2.45) is 0 Å². The number of hydrogen-bond acceptors (Lipinski definition) is 3. The third-order valence-corrected chi connectivity index (χ3v) is 6.81. The number of halogens is 4. The van der Waals surface area contributed by atoms with Gasteiger partial charge < -0.3 is 14.6 Å². The third kappa shape index (κ3) is 6.58. The third-order valence-electron chi connectivity index (χ3n) is 6.81. The van der Waals surface area contributed by atoms with Crippen LogP contribution in [0.2, 0.25) is 0 Å². The Morgan fingerprint density at radius 1 is 1.00 bits per heavy atom. The quantitative estimate of drug-likeness (QED) is 0.311. The minimum absolute atomic E-state index is 0.0843. The van der Waals surface area contributed by atoms with Crippen LogP contribution in [0.1, 0.15) is 72.4 Å². The maximum absolute atomic E-state index is 13.8. The number of alkyl halides is 3. The topological polar surface area (TPSA) is 38.7 Å². The Bertz CT molecular complexity index is 1180. The van der Waals surface area contributed by atoms with E-state index in [1.807, 2.05) is 19.9 Å². The van der Waals surface area contributed by atoms with E-state index in [-0.39, 0.29) is 31.2 Å². The maximum Gasteiger partial charge on any atom is 0.416 e. The summed E-state index contributed by atoms with van der Waals surface area (Å²) < 4.78 is 64.9. The molecule has 1 unspecified atom stereocenters. The monoisotopic (exact) mass is 516 g/mol. The van der Waals surface area contributed by atoms with Crippen molar-refractivity contribution in [2.75, 3.05) is 6.61 Å². The van der Waals surface area contributed by atoms with Gasteiger partial charge in [-0.25, -0.2) is 4.39 Å². The molecule has 1 aliphatic heterocycles. The molecule has 1 fully saturated rings. The Morgan fingerprint density at radius 2 is 1.70 bits per heavy atom. The van der Waals surface area contributed by atoms with Gasteiger partial charge in [0.05, 0.1) is 18.8 Å². The van der Waals surface area contributed by atoms with E-state index >= 15 is 0 Å². The van der Waals surface area contributed by atoms with E-state index in [0.717, 1.165) is 59.2 Å². The molecule has 3 aromatic carbocycles. The minimum atomic E-state index is -4.41. The summed E-state index contributed by atoms with van der Waals surface area (Å²) in [5.74, 6) is -0.294. The van der Waals surface area contributed by atoms with Crippen molar-refractivity contribution in [3.8, 4) is 11.1 Å². The van der Waals surface area contributed by atoms with Gasteiger partial charge in [-0.15, -0.1) is 0 Å². The van der Waals surface area contributed by atoms with Crippen molar-refractivity contribution < 1.29 is 32.1 Å². The lowest BCUT2D eigenvalue weighted by Gasteiger charge is -2.26.